The summed E-state index contributed by atoms with van der Waals surface area (Å²) in [4.78, 5) is 4.02. The molecule has 0 saturated heterocycles. The van der Waals surface area contributed by atoms with Crippen molar-refractivity contribution in [2.45, 2.75) is 45.3 Å². The average molecular weight is 218 g/mol. The maximum absolute atomic E-state index is 12.3. The van der Waals surface area contributed by atoms with Gasteiger partial charge < -0.3 is 4.57 Å². The zero-order valence-electron chi connectivity index (χ0n) is 8.56. The minimum Gasteiger partial charge on any atom is -0.332 e. The van der Waals surface area contributed by atoms with Gasteiger partial charge in [0, 0.05) is 12.2 Å². The summed E-state index contributed by atoms with van der Waals surface area (Å²) in [7, 11) is 0. The predicted molar refractivity (Wildman–Crippen MR) is 49.7 cm³/mol. The molecule has 0 amide bonds. The molecule has 1 aliphatic heterocycles. The van der Waals surface area contributed by atoms with Gasteiger partial charge in [0.2, 0.25) is 0 Å². The van der Waals surface area contributed by atoms with Crippen LogP contribution in [0.25, 0.3) is 0 Å². The van der Waals surface area contributed by atoms with Crippen LogP contribution in [0.3, 0.4) is 0 Å². The fourth-order valence-electron chi connectivity index (χ4n) is 2.14. The van der Waals surface area contributed by atoms with Crippen LogP contribution >= 0.6 is 0 Å². The number of alkyl halides is 3. The first kappa shape index (κ1) is 10.5. The Morgan fingerprint density at radius 1 is 1.33 bits per heavy atom. The molecule has 1 aromatic heterocycles. The van der Waals surface area contributed by atoms with E-state index in [2.05, 4.69) is 4.98 Å². The molecule has 0 bridgehead atoms. The molecule has 0 saturated carbocycles. The van der Waals surface area contributed by atoms with Crippen LogP contribution in [0.1, 0.15) is 30.1 Å². The molecule has 2 rings (SSSR count). The van der Waals surface area contributed by atoms with Gasteiger partial charge in [-0.05, 0) is 26.2 Å². The van der Waals surface area contributed by atoms with Crippen LogP contribution in [0.15, 0.2) is 0 Å². The van der Waals surface area contributed by atoms with E-state index >= 15 is 0 Å². The van der Waals surface area contributed by atoms with E-state index in [1.165, 1.54) is 0 Å². The third-order valence-electron chi connectivity index (χ3n) is 2.76. The molecule has 15 heavy (non-hydrogen) atoms. The average Bonchev–Trinajstić information content (AvgIpc) is 2.42. The Kier molecular flexibility index (Phi) is 2.48. The number of fused-ring (bicyclic) bond motifs is 1. The topological polar surface area (TPSA) is 17.8 Å². The van der Waals surface area contributed by atoms with Crippen molar-refractivity contribution >= 4 is 0 Å². The maximum atomic E-state index is 12.3. The van der Waals surface area contributed by atoms with Gasteiger partial charge in [0.25, 0.3) is 0 Å². The number of aromatic nitrogens is 2. The van der Waals surface area contributed by atoms with Gasteiger partial charge in [-0.25, -0.2) is 4.98 Å². The minimum absolute atomic E-state index is 0.222. The second-order valence-electron chi connectivity index (χ2n) is 3.95. The van der Waals surface area contributed by atoms with Crippen LogP contribution in [0.4, 0.5) is 13.2 Å². The molecule has 0 radical (unpaired) electrons. The van der Waals surface area contributed by atoms with Crippen molar-refractivity contribution in [2.24, 2.45) is 0 Å². The van der Waals surface area contributed by atoms with Gasteiger partial charge in [-0.3, -0.25) is 0 Å². The molecule has 0 N–H and O–H groups in total. The van der Waals surface area contributed by atoms with E-state index in [1.807, 2.05) is 4.57 Å². The molecule has 2 heterocycles. The van der Waals surface area contributed by atoms with Crippen LogP contribution in [0.2, 0.25) is 0 Å². The van der Waals surface area contributed by atoms with Crippen molar-refractivity contribution in [2.75, 3.05) is 0 Å². The zero-order valence-corrected chi connectivity index (χ0v) is 8.56. The zero-order chi connectivity index (χ0) is 11.1. The van der Waals surface area contributed by atoms with E-state index in [0.717, 1.165) is 31.5 Å². The van der Waals surface area contributed by atoms with Crippen molar-refractivity contribution in [3.8, 4) is 0 Å². The van der Waals surface area contributed by atoms with Crippen molar-refractivity contribution in [1.29, 1.82) is 0 Å². The molecular formula is C10H13F3N2. The molecule has 84 valence electrons. The fraction of sp³-hybridized carbons (Fsp3) is 0.700. The van der Waals surface area contributed by atoms with Gasteiger partial charge in [0.05, 0.1) is 12.1 Å². The molecule has 5 heteroatoms. The lowest BCUT2D eigenvalue weighted by Crippen LogP contribution is -2.16. The number of hydrogen-bond acceptors (Lipinski definition) is 1. The van der Waals surface area contributed by atoms with Crippen LogP contribution in [0, 0.1) is 6.92 Å². The molecular weight excluding hydrogens is 205 g/mol. The summed E-state index contributed by atoms with van der Waals surface area (Å²) in [5.74, 6) is 0.712. The lowest BCUT2D eigenvalue weighted by atomic mass is 10.1. The second kappa shape index (κ2) is 3.54. The Labute approximate surface area is 86.1 Å². The van der Waals surface area contributed by atoms with E-state index in [9.17, 15) is 13.2 Å². The third-order valence-corrected chi connectivity index (χ3v) is 2.76. The van der Waals surface area contributed by atoms with Gasteiger partial charge >= 0.3 is 6.18 Å². The SMILES string of the molecule is Cc1nc(CC(F)(F)F)c2n1CCCC2. The largest absolute Gasteiger partial charge is 0.394 e. The summed E-state index contributed by atoms with van der Waals surface area (Å²) < 4.78 is 38.7. The Hall–Kier alpha value is -1.00. The van der Waals surface area contributed by atoms with E-state index in [0.29, 0.717) is 5.82 Å². The summed E-state index contributed by atoms with van der Waals surface area (Å²) in [5.41, 5.74) is 1.01. The highest BCUT2D eigenvalue weighted by Crippen LogP contribution is 2.26. The summed E-state index contributed by atoms with van der Waals surface area (Å²) in [6, 6.07) is 0. The third kappa shape index (κ3) is 2.16. The monoisotopic (exact) mass is 218 g/mol. The Morgan fingerprint density at radius 3 is 2.73 bits per heavy atom. The number of imidazole rings is 1. The van der Waals surface area contributed by atoms with Crippen LogP contribution in [0.5, 0.6) is 0 Å². The van der Waals surface area contributed by atoms with Gasteiger partial charge in [-0.2, -0.15) is 13.2 Å². The van der Waals surface area contributed by atoms with Gasteiger partial charge in [-0.15, -0.1) is 0 Å². The van der Waals surface area contributed by atoms with E-state index < -0.39 is 12.6 Å². The molecule has 0 atom stereocenters. The first-order chi connectivity index (χ1) is 6.97. The molecule has 0 aliphatic carbocycles. The van der Waals surface area contributed by atoms with E-state index in [-0.39, 0.29) is 5.69 Å². The number of aryl methyl sites for hydroxylation is 1. The standard InChI is InChI=1S/C10H13F3N2/c1-7-14-8(6-10(11,12)13)9-4-2-3-5-15(7)9/h2-6H2,1H3. The highest BCUT2D eigenvalue weighted by molar-refractivity contribution is 5.19. The normalized spacial score (nSPS) is 16.5. The van der Waals surface area contributed by atoms with Gasteiger partial charge in [0.1, 0.15) is 5.82 Å². The quantitative estimate of drug-likeness (QED) is 0.708. The lowest BCUT2D eigenvalue weighted by Gasteiger charge is -2.16. The maximum Gasteiger partial charge on any atom is 0.394 e. The number of rotatable bonds is 1. The molecule has 0 unspecified atom stereocenters. The van der Waals surface area contributed by atoms with Crippen LogP contribution in [-0.2, 0) is 19.4 Å². The number of nitrogens with zero attached hydrogens (tertiary/aromatic N) is 2. The van der Waals surface area contributed by atoms with Crippen molar-refractivity contribution in [1.82, 2.24) is 9.55 Å². The van der Waals surface area contributed by atoms with E-state index in [4.69, 9.17) is 0 Å². The fourth-order valence-corrected chi connectivity index (χ4v) is 2.14. The number of hydrogen-bond donors (Lipinski definition) is 0. The summed E-state index contributed by atoms with van der Waals surface area (Å²) in [6.45, 7) is 2.58. The first-order valence-corrected chi connectivity index (χ1v) is 5.09. The highest BCUT2D eigenvalue weighted by atomic mass is 19.4. The lowest BCUT2D eigenvalue weighted by molar-refractivity contribution is -0.127. The Morgan fingerprint density at radius 2 is 2.07 bits per heavy atom. The Bertz CT molecular complexity index is 365. The minimum atomic E-state index is -4.15. The van der Waals surface area contributed by atoms with Crippen LogP contribution in [-0.4, -0.2) is 15.7 Å². The number of halogens is 3. The summed E-state index contributed by atoms with van der Waals surface area (Å²) in [6.07, 6.45) is -2.31. The van der Waals surface area contributed by atoms with E-state index in [1.54, 1.807) is 6.92 Å². The molecule has 0 spiro atoms. The smallest absolute Gasteiger partial charge is 0.332 e. The highest BCUT2D eigenvalue weighted by Gasteiger charge is 2.31. The predicted octanol–water partition coefficient (Wildman–Crippen LogP) is 2.63. The molecule has 2 nitrogen and oxygen atoms in total. The summed E-state index contributed by atoms with van der Waals surface area (Å²) >= 11 is 0. The van der Waals surface area contributed by atoms with Crippen LogP contribution < -0.4 is 0 Å². The molecule has 0 fully saturated rings. The first-order valence-electron chi connectivity index (χ1n) is 5.09. The molecule has 1 aromatic rings. The Balaban J connectivity index is 2.32. The van der Waals surface area contributed by atoms with Gasteiger partial charge in [0.15, 0.2) is 0 Å². The molecule has 1 aliphatic rings. The van der Waals surface area contributed by atoms with Crippen molar-refractivity contribution in [3.63, 3.8) is 0 Å². The van der Waals surface area contributed by atoms with Crippen molar-refractivity contribution < 1.29 is 13.2 Å². The molecule has 0 aromatic carbocycles. The summed E-state index contributed by atoms with van der Waals surface area (Å²) in [5, 5.41) is 0. The second-order valence-corrected chi connectivity index (χ2v) is 3.95. The van der Waals surface area contributed by atoms with Gasteiger partial charge in [-0.1, -0.05) is 0 Å². The van der Waals surface area contributed by atoms with Crippen molar-refractivity contribution in [3.05, 3.63) is 17.2 Å².